The Morgan fingerprint density at radius 3 is 1.02 bits per heavy atom. The van der Waals surface area contributed by atoms with E-state index in [0.717, 1.165) is 21.5 Å². The Hall–Kier alpha value is -6.16. The quantitative estimate of drug-likeness (QED) is 0.192. The first-order chi connectivity index (χ1) is 22.4. The highest BCUT2D eigenvalue weighted by atomic mass is 16.7. The van der Waals surface area contributed by atoms with Gasteiger partial charge in [0.2, 0.25) is 0 Å². The van der Waals surface area contributed by atoms with Crippen LogP contribution in [0.15, 0.2) is 97.1 Å². The van der Waals surface area contributed by atoms with Crippen LogP contribution in [0.25, 0.3) is 43.6 Å². The van der Waals surface area contributed by atoms with Crippen LogP contribution in [0.1, 0.15) is 20.7 Å². The van der Waals surface area contributed by atoms with Crippen molar-refractivity contribution in [1.29, 1.82) is 0 Å². The van der Waals surface area contributed by atoms with Crippen LogP contribution in [0, 0.1) is 0 Å². The second-order valence-electron chi connectivity index (χ2n) is 10.5. The predicted molar refractivity (Wildman–Crippen MR) is 173 cm³/mol. The van der Waals surface area contributed by atoms with Crippen molar-refractivity contribution in [3.63, 3.8) is 0 Å². The summed E-state index contributed by atoms with van der Waals surface area (Å²) in [7, 11) is 6.37. The van der Waals surface area contributed by atoms with Crippen molar-refractivity contribution in [2.24, 2.45) is 0 Å². The molecule has 46 heavy (non-hydrogen) atoms. The molecule has 2 aromatic heterocycles. The van der Waals surface area contributed by atoms with Crippen molar-refractivity contribution >= 4 is 55.6 Å². The van der Waals surface area contributed by atoms with Gasteiger partial charge in [-0.25, -0.2) is 9.59 Å². The Labute approximate surface area is 262 Å². The van der Waals surface area contributed by atoms with Crippen LogP contribution in [-0.2, 0) is 0 Å². The van der Waals surface area contributed by atoms with Gasteiger partial charge in [-0.15, -0.1) is 0 Å². The number of rotatable bonds is 8. The first kappa shape index (κ1) is 28.6. The summed E-state index contributed by atoms with van der Waals surface area (Å²) >= 11 is 0. The highest BCUT2D eigenvalue weighted by Crippen LogP contribution is 2.35. The number of hydrogen-bond donors (Lipinski definition) is 0. The topological polar surface area (TPSA) is 99.4 Å². The highest BCUT2D eigenvalue weighted by Gasteiger charge is 2.21. The predicted octanol–water partition coefficient (Wildman–Crippen LogP) is 6.47. The number of hydrogen-bond acceptors (Lipinski definition) is 8. The minimum absolute atomic E-state index is 0.170. The largest absolute Gasteiger partial charge is 0.497 e. The summed E-state index contributed by atoms with van der Waals surface area (Å²) in [6.07, 6.45) is 0. The van der Waals surface area contributed by atoms with Gasteiger partial charge >= 0.3 is 11.9 Å². The van der Waals surface area contributed by atoms with E-state index in [9.17, 15) is 9.59 Å². The van der Waals surface area contributed by atoms with E-state index in [1.807, 2.05) is 48.5 Å². The number of benzene rings is 5. The summed E-state index contributed by atoms with van der Waals surface area (Å²) in [6, 6.07) is 28.2. The zero-order valence-corrected chi connectivity index (χ0v) is 25.4. The monoisotopic (exact) mass is 616 g/mol. The molecule has 5 aromatic carbocycles. The van der Waals surface area contributed by atoms with E-state index >= 15 is 0 Å². The number of carbonyl (C=O) groups excluding carboxylic acids is 2. The molecule has 0 spiro atoms. The maximum Gasteiger partial charge on any atom is 0.363 e. The molecular formula is C36H28N2O8. The van der Waals surface area contributed by atoms with Gasteiger partial charge in [0.05, 0.1) is 61.6 Å². The molecule has 0 fully saturated rings. The van der Waals surface area contributed by atoms with E-state index < -0.39 is 11.9 Å². The van der Waals surface area contributed by atoms with E-state index in [-0.39, 0.29) is 11.1 Å². The summed E-state index contributed by atoms with van der Waals surface area (Å²) in [5.74, 6) is 1.33. The molecule has 0 aliphatic carbocycles. The lowest BCUT2D eigenvalue weighted by molar-refractivity contribution is 0.0499. The van der Waals surface area contributed by atoms with E-state index in [4.69, 9.17) is 28.6 Å². The Bertz CT molecular complexity index is 2040. The number of nitrogens with zero attached hydrogens (tertiary/aromatic N) is 2. The smallest absolute Gasteiger partial charge is 0.363 e. The molecule has 10 heteroatoms. The fraction of sp³-hybridized carbons (Fsp3) is 0.111. The molecule has 0 saturated carbocycles. The zero-order chi connectivity index (χ0) is 31.9. The van der Waals surface area contributed by atoms with Crippen molar-refractivity contribution in [3.05, 3.63) is 108 Å². The van der Waals surface area contributed by atoms with Gasteiger partial charge < -0.3 is 28.6 Å². The van der Waals surface area contributed by atoms with Crippen LogP contribution in [0.4, 0.5) is 0 Å². The molecule has 0 bridgehead atoms. The van der Waals surface area contributed by atoms with Gasteiger partial charge in [0.1, 0.15) is 23.0 Å². The van der Waals surface area contributed by atoms with E-state index in [1.54, 1.807) is 70.9 Å². The van der Waals surface area contributed by atoms with Crippen LogP contribution >= 0.6 is 0 Å². The summed E-state index contributed by atoms with van der Waals surface area (Å²) in [6.45, 7) is 0. The van der Waals surface area contributed by atoms with E-state index in [2.05, 4.69) is 0 Å². The fourth-order valence-electron chi connectivity index (χ4n) is 5.64. The van der Waals surface area contributed by atoms with Crippen molar-refractivity contribution in [2.75, 3.05) is 28.4 Å². The summed E-state index contributed by atoms with van der Waals surface area (Å²) in [5, 5.41) is 3.28. The Kier molecular flexibility index (Phi) is 7.09. The Morgan fingerprint density at radius 1 is 0.435 bits per heavy atom. The average molecular weight is 617 g/mol. The number of aromatic nitrogens is 2. The van der Waals surface area contributed by atoms with E-state index in [0.29, 0.717) is 45.1 Å². The third-order valence-electron chi connectivity index (χ3n) is 7.95. The van der Waals surface area contributed by atoms with Crippen molar-refractivity contribution in [1.82, 2.24) is 9.46 Å². The number of fused-ring (bicyclic) bond motifs is 6. The van der Waals surface area contributed by atoms with Crippen LogP contribution in [0.3, 0.4) is 0 Å². The first-order valence-corrected chi connectivity index (χ1v) is 14.3. The number of ether oxygens (including phenoxy) is 4. The molecule has 10 nitrogen and oxygen atoms in total. The van der Waals surface area contributed by atoms with Crippen LogP contribution < -0.4 is 28.6 Å². The molecule has 0 aliphatic heterocycles. The van der Waals surface area contributed by atoms with Crippen LogP contribution in [0.5, 0.6) is 23.0 Å². The number of carbonyl (C=O) groups is 2. The third-order valence-corrected chi connectivity index (χ3v) is 7.95. The molecule has 0 aliphatic rings. The molecular weight excluding hydrogens is 588 g/mol. The van der Waals surface area contributed by atoms with Gasteiger partial charge in [0, 0.05) is 21.5 Å². The second kappa shape index (κ2) is 11.4. The van der Waals surface area contributed by atoms with E-state index in [1.165, 1.54) is 15.5 Å². The fourth-order valence-corrected chi connectivity index (χ4v) is 5.64. The second-order valence-corrected chi connectivity index (χ2v) is 10.5. The normalized spacial score (nSPS) is 11.2. The molecule has 2 heterocycles. The van der Waals surface area contributed by atoms with Gasteiger partial charge in [-0.3, -0.25) is 0 Å². The minimum Gasteiger partial charge on any atom is -0.497 e. The van der Waals surface area contributed by atoms with Gasteiger partial charge in [-0.1, -0.05) is 6.07 Å². The van der Waals surface area contributed by atoms with Crippen molar-refractivity contribution in [2.45, 2.75) is 0 Å². The summed E-state index contributed by atoms with van der Waals surface area (Å²) in [5.41, 5.74) is 2.98. The molecule has 7 rings (SSSR count). The molecule has 0 unspecified atom stereocenters. The zero-order valence-electron chi connectivity index (χ0n) is 25.4. The molecule has 0 radical (unpaired) electrons. The molecule has 7 aromatic rings. The maximum absolute atomic E-state index is 13.5. The van der Waals surface area contributed by atoms with Gasteiger partial charge in [-0.2, -0.15) is 9.46 Å². The third kappa shape index (κ3) is 4.76. The van der Waals surface area contributed by atoms with Crippen LogP contribution in [0.2, 0.25) is 0 Å². The molecule has 0 atom stereocenters. The van der Waals surface area contributed by atoms with Crippen LogP contribution in [-0.4, -0.2) is 49.8 Å². The first-order valence-electron chi connectivity index (χ1n) is 14.3. The lowest BCUT2D eigenvalue weighted by atomic mass is 10.1. The Morgan fingerprint density at radius 2 is 0.739 bits per heavy atom. The highest BCUT2D eigenvalue weighted by molar-refractivity contribution is 6.10. The Balaban J connectivity index is 1.22. The molecule has 0 amide bonds. The van der Waals surface area contributed by atoms with Crippen molar-refractivity contribution < 1.29 is 38.2 Å². The van der Waals surface area contributed by atoms with Crippen molar-refractivity contribution in [3.8, 4) is 23.0 Å². The standard InChI is InChI=1S/C36H28N2O8/c1-41-23-8-12-31-27(17-23)28-18-24(42-2)9-13-32(28)37(31)45-35(39)21-6-5-7-22(16-21)36(40)46-38-33-14-10-25(43-3)19-29(33)30-20-26(44-4)11-15-34(30)38/h5-20H,1-4H3. The lowest BCUT2D eigenvalue weighted by Gasteiger charge is -2.11. The average Bonchev–Trinajstić information content (AvgIpc) is 3.58. The van der Waals surface area contributed by atoms with Gasteiger partial charge in [-0.05, 0) is 91.0 Å². The maximum atomic E-state index is 13.5. The minimum atomic E-state index is -0.656. The summed E-state index contributed by atoms with van der Waals surface area (Å²) in [4.78, 5) is 38.9. The summed E-state index contributed by atoms with van der Waals surface area (Å²) < 4.78 is 24.6. The lowest BCUT2D eigenvalue weighted by Crippen LogP contribution is -2.22. The molecule has 230 valence electrons. The number of methoxy groups -OCH3 is 4. The molecule has 0 saturated heterocycles. The van der Waals surface area contributed by atoms with Gasteiger partial charge in [0.15, 0.2) is 0 Å². The molecule has 0 N–H and O–H groups in total. The SMILES string of the molecule is COc1ccc2c(c1)c1cc(OC)ccc1n2OC(=O)c1cccc(C(=O)On2c3ccc(OC)cc3c3cc(OC)ccc32)c1. The van der Waals surface area contributed by atoms with Gasteiger partial charge in [0.25, 0.3) is 0 Å².